The summed E-state index contributed by atoms with van der Waals surface area (Å²) in [7, 11) is 0. The van der Waals surface area contributed by atoms with Crippen molar-refractivity contribution in [2.24, 2.45) is 0 Å². The summed E-state index contributed by atoms with van der Waals surface area (Å²) in [5.41, 5.74) is 3.05. The van der Waals surface area contributed by atoms with Gasteiger partial charge in [-0.3, -0.25) is 9.25 Å². The molecule has 9 nitrogen and oxygen atoms in total. The summed E-state index contributed by atoms with van der Waals surface area (Å²) in [4.78, 5) is 12.8. The molecule has 0 fully saturated rings. The second-order valence-corrected chi connectivity index (χ2v) is 6.74. The Bertz CT molecular complexity index is 1260. The van der Waals surface area contributed by atoms with Gasteiger partial charge in [-0.05, 0) is 31.5 Å². The number of hydrogen-bond donors (Lipinski definition) is 1. The molecule has 3 aromatic heterocycles. The van der Waals surface area contributed by atoms with Crippen molar-refractivity contribution in [3.63, 3.8) is 0 Å². The molecule has 0 aliphatic carbocycles. The van der Waals surface area contributed by atoms with E-state index in [0.717, 1.165) is 16.8 Å². The fraction of sp³-hybridized carbons (Fsp3) is 0.200. The molecule has 0 atom stereocenters. The molecule has 29 heavy (non-hydrogen) atoms. The van der Waals surface area contributed by atoms with Gasteiger partial charge >= 0.3 is 5.69 Å². The highest BCUT2D eigenvalue weighted by atomic mass is 16.5. The van der Waals surface area contributed by atoms with Gasteiger partial charge in [0, 0.05) is 11.8 Å². The quantitative estimate of drug-likeness (QED) is 0.558. The summed E-state index contributed by atoms with van der Waals surface area (Å²) in [6, 6.07) is 9.06. The highest BCUT2D eigenvalue weighted by Crippen LogP contribution is 2.17. The Balaban J connectivity index is 1.62. The highest BCUT2D eigenvalue weighted by Gasteiger charge is 2.16. The maximum absolute atomic E-state index is 12.8. The molecule has 0 amide bonds. The van der Waals surface area contributed by atoms with E-state index in [4.69, 9.17) is 9.78 Å². The van der Waals surface area contributed by atoms with Crippen LogP contribution in [0.4, 0.5) is 0 Å². The molecular weight excluding hydrogens is 372 g/mol. The number of nitrogens with zero attached hydrogens (tertiary/aromatic N) is 6. The molecule has 4 aromatic rings. The maximum Gasteiger partial charge on any atom is 0.336 e. The summed E-state index contributed by atoms with van der Waals surface area (Å²) in [6.45, 7) is 4.37. The van der Waals surface area contributed by atoms with Gasteiger partial charge in [0.05, 0.1) is 48.5 Å². The normalized spacial score (nSPS) is 10.9. The van der Waals surface area contributed by atoms with Crippen molar-refractivity contribution < 1.29 is 9.63 Å². The molecule has 0 bridgehead atoms. The van der Waals surface area contributed by atoms with Gasteiger partial charge in [-0.15, -0.1) is 0 Å². The minimum Gasteiger partial charge on any atom is -0.493 e. The van der Waals surface area contributed by atoms with Crippen molar-refractivity contribution in [2.45, 2.75) is 26.9 Å². The molecule has 1 N–H and O–H groups in total. The van der Waals surface area contributed by atoms with Gasteiger partial charge in [0.25, 0.3) is 0 Å². The van der Waals surface area contributed by atoms with Crippen molar-refractivity contribution in [2.75, 3.05) is 0 Å². The lowest BCUT2D eigenvalue weighted by Crippen LogP contribution is -2.23. The standard InChI is InChI=1S/C20H18N6O3/c1-13-18(14(2)29-23-13)11-25-10-17(8-22-25)26-19(27)12-24(20(26)28)9-16-5-3-4-15(6-16)7-21/h3-6,8,10,12,27H,9,11H2,1-2H3. The van der Waals surface area contributed by atoms with Gasteiger partial charge < -0.3 is 9.63 Å². The average molecular weight is 390 g/mol. The van der Waals surface area contributed by atoms with Crippen LogP contribution in [0.15, 0.2) is 52.2 Å². The summed E-state index contributed by atoms with van der Waals surface area (Å²) < 4.78 is 9.39. The van der Waals surface area contributed by atoms with Crippen LogP contribution in [0, 0.1) is 25.2 Å². The number of aryl methyl sites for hydroxylation is 2. The fourth-order valence-electron chi connectivity index (χ4n) is 3.21. The van der Waals surface area contributed by atoms with Gasteiger partial charge in [-0.1, -0.05) is 17.3 Å². The number of aromatic hydroxyl groups is 1. The molecule has 1 aromatic carbocycles. The number of rotatable bonds is 5. The van der Waals surface area contributed by atoms with E-state index in [0.29, 0.717) is 23.6 Å². The minimum atomic E-state index is -0.401. The van der Waals surface area contributed by atoms with E-state index in [1.807, 2.05) is 19.9 Å². The molecule has 0 spiro atoms. The second-order valence-electron chi connectivity index (χ2n) is 6.74. The Morgan fingerprint density at radius 1 is 1.24 bits per heavy atom. The van der Waals surface area contributed by atoms with E-state index in [2.05, 4.69) is 16.3 Å². The lowest BCUT2D eigenvalue weighted by atomic mass is 10.1. The number of nitriles is 1. The van der Waals surface area contributed by atoms with Crippen LogP contribution >= 0.6 is 0 Å². The van der Waals surface area contributed by atoms with Crippen molar-refractivity contribution in [3.8, 4) is 17.6 Å². The third-order valence-electron chi connectivity index (χ3n) is 4.73. The molecule has 0 radical (unpaired) electrons. The number of benzene rings is 1. The molecule has 0 unspecified atom stereocenters. The first-order valence-electron chi connectivity index (χ1n) is 8.91. The fourth-order valence-corrected chi connectivity index (χ4v) is 3.21. The van der Waals surface area contributed by atoms with Crippen LogP contribution < -0.4 is 5.69 Å². The zero-order chi connectivity index (χ0) is 20.5. The molecule has 0 saturated carbocycles. The lowest BCUT2D eigenvalue weighted by molar-refractivity contribution is 0.391. The molecule has 3 heterocycles. The Hall–Kier alpha value is -4.06. The van der Waals surface area contributed by atoms with Crippen molar-refractivity contribution in [3.05, 3.63) is 81.5 Å². The zero-order valence-corrected chi connectivity index (χ0v) is 15.9. The molecule has 9 heteroatoms. The summed E-state index contributed by atoms with van der Waals surface area (Å²) in [6.07, 6.45) is 4.56. The third-order valence-corrected chi connectivity index (χ3v) is 4.73. The number of aromatic nitrogens is 5. The SMILES string of the molecule is Cc1noc(C)c1Cn1cc(-n2c(O)cn(Cc3cccc(C#N)c3)c2=O)cn1. The Labute approximate surface area is 165 Å². The van der Waals surface area contributed by atoms with E-state index in [9.17, 15) is 9.90 Å². The van der Waals surface area contributed by atoms with E-state index in [1.54, 1.807) is 29.1 Å². The second kappa shape index (κ2) is 7.16. The largest absolute Gasteiger partial charge is 0.493 e. The molecule has 0 aliphatic heterocycles. The molecule has 0 aliphatic rings. The zero-order valence-electron chi connectivity index (χ0n) is 15.9. The van der Waals surface area contributed by atoms with Crippen molar-refractivity contribution in [1.29, 1.82) is 5.26 Å². The Morgan fingerprint density at radius 2 is 2.07 bits per heavy atom. The third kappa shape index (κ3) is 3.43. The van der Waals surface area contributed by atoms with E-state index in [-0.39, 0.29) is 12.4 Å². The molecule has 146 valence electrons. The van der Waals surface area contributed by atoms with Crippen molar-refractivity contribution in [1.82, 2.24) is 24.1 Å². The maximum atomic E-state index is 12.8. The van der Waals surface area contributed by atoms with Gasteiger partial charge in [0.2, 0.25) is 5.88 Å². The van der Waals surface area contributed by atoms with Gasteiger partial charge in [-0.25, -0.2) is 9.36 Å². The smallest absolute Gasteiger partial charge is 0.336 e. The van der Waals surface area contributed by atoms with Crippen LogP contribution in [0.1, 0.15) is 28.1 Å². The monoisotopic (exact) mass is 390 g/mol. The summed E-state index contributed by atoms with van der Waals surface area (Å²) >= 11 is 0. The first-order valence-corrected chi connectivity index (χ1v) is 8.91. The van der Waals surface area contributed by atoms with E-state index >= 15 is 0 Å². The van der Waals surface area contributed by atoms with Crippen molar-refractivity contribution >= 4 is 0 Å². The average Bonchev–Trinajstić information content (AvgIpc) is 3.37. The van der Waals surface area contributed by atoms with Gasteiger partial charge in [0.1, 0.15) is 5.76 Å². The van der Waals surface area contributed by atoms with Crippen LogP contribution in [0.3, 0.4) is 0 Å². The van der Waals surface area contributed by atoms with Crippen LogP contribution in [0.2, 0.25) is 0 Å². The number of imidazole rings is 1. The first kappa shape index (κ1) is 18.3. The van der Waals surface area contributed by atoms with Crippen LogP contribution in [0.5, 0.6) is 5.88 Å². The topological polar surface area (TPSA) is 115 Å². The predicted molar refractivity (Wildman–Crippen MR) is 103 cm³/mol. The highest BCUT2D eigenvalue weighted by molar-refractivity contribution is 5.34. The van der Waals surface area contributed by atoms with Crippen LogP contribution in [-0.2, 0) is 13.1 Å². The van der Waals surface area contributed by atoms with Crippen LogP contribution in [0.25, 0.3) is 5.69 Å². The summed E-state index contributed by atoms with van der Waals surface area (Å²) in [5.74, 6) is 0.522. The predicted octanol–water partition coefficient (Wildman–Crippen LogP) is 2.11. The first-order chi connectivity index (χ1) is 14.0. The van der Waals surface area contributed by atoms with Gasteiger partial charge in [-0.2, -0.15) is 10.4 Å². The minimum absolute atomic E-state index is 0.191. The van der Waals surface area contributed by atoms with Crippen LogP contribution in [-0.4, -0.2) is 29.2 Å². The summed E-state index contributed by atoms with van der Waals surface area (Å²) in [5, 5.41) is 27.6. The van der Waals surface area contributed by atoms with Gasteiger partial charge in [0.15, 0.2) is 0 Å². The van der Waals surface area contributed by atoms with E-state index < -0.39 is 5.69 Å². The Kier molecular flexibility index (Phi) is 4.52. The molecule has 4 rings (SSSR count). The number of hydrogen-bond acceptors (Lipinski definition) is 6. The lowest BCUT2D eigenvalue weighted by Gasteiger charge is -2.02. The van der Waals surface area contributed by atoms with E-state index in [1.165, 1.54) is 21.5 Å². The molecular formula is C20H18N6O3. The molecule has 0 saturated heterocycles. The Morgan fingerprint density at radius 3 is 2.79 bits per heavy atom.